The molecular weight excluding hydrogens is 212 g/mol. The number of rotatable bonds is 5. The number of carbonyl (C=O) groups excluding carboxylic acids is 1. The monoisotopic (exact) mass is 232 g/mol. The summed E-state index contributed by atoms with van der Waals surface area (Å²) in [5, 5.41) is 10.1. The minimum absolute atomic E-state index is 0.00808. The minimum Gasteiger partial charge on any atom is -0.460 e. The van der Waals surface area contributed by atoms with Crippen LogP contribution < -0.4 is 0 Å². The lowest BCUT2D eigenvalue weighted by atomic mass is 9.94. The molecular formula is C11H20O5. The second kappa shape index (κ2) is 6.18. The summed E-state index contributed by atoms with van der Waals surface area (Å²) < 4.78 is 15.2. The smallest absolute Gasteiger partial charge is 0.302 e. The van der Waals surface area contributed by atoms with Crippen LogP contribution in [-0.4, -0.2) is 36.9 Å². The van der Waals surface area contributed by atoms with E-state index in [0.717, 1.165) is 19.3 Å². The van der Waals surface area contributed by atoms with Crippen molar-refractivity contribution in [1.82, 2.24) is 0 Å². The molecule has 1 unspecified atom stereocenters. The maximum absolute atomic E-state index is 10.6. The first kappa shape index (κ1) is 13.4. The van der Waals surface area contributed by atoms with Crippen molar-refractivity contribution >= 4 is 5.97 Å². The number of ether oxygens (including phenoxy) is 3. The van der Waals surface area contributed by atoms with Gasteiger partial charge in [0.25, 0.3) is 0 Å². The number of hydrogen-bond acceptors (Lipinski definition) is 5. The lowest BCUT2D eigenvalue weighted by molar-refractivity contribution is -0.303. The van der Waals surface area contributed by atoms with E-state index in [1.165, 1.54) is 14.0 Å². The van der Waals surface area contributed by atoms with Gasteiger partial charge >= 0.3 is 5.97 Å². The van der Waals surface area contributed by atoms with Crippen LogP contribution in [0.2, 0.25) is 0 Å². The van der Waals surface area contributed by atoms with Crippen molar-refractivity contribution in [3.05, 3.63) is 0 Å². The summed E-state index contributed by atoms with van der Waals surface area (Å²) in [5.74, 6) is -1.51. The van der Waals surface area contributed by atoms with Gasteiger partial charge in [-0.2, -0.15) is 0 Å². The first-order valence-corrected chi connectivity index (χ1v) is 5.62. The Hall–Kier alpha value is -0.650. The zero-order chi connectivity index (χ0) is 12.0. The van der Waals surface area contributed by atoms with Gasteiger partial charge in [0.1, 0.15) is 6.61 Å². The van der Waals surface area contributed by atoms with Gasteiger partial charge in [0.2, 0.25) is 0 Å². The van der Waals surface area contributed by atoms with E-state index in [4.69, 9.17) is 14.2 Å². The molecule has 0 aromatic rings. The average Bonchev–Trinajstić information content (AvgIpc) is 2.25. The highest BCUT2D eigenvalue weighted by Gasteiger charge is 2.33. The molecule has 1 rings (SSSR count). The summed E-state index contributed by atoms with van der Waals surface area (Å²) in [5.41, 5.74) is 0. The fourth-order valence-corrected chi connectivity index (χ4v) is 1.80. The third-order valence-corrected chi connectivity index (χ3v) is 2.67. The van der Waals surface area contributed by atoms with Crippen LogP contribution in [-0.2, 0) is 19.0 Å². The number of carbonyl (C=O) groups is 1. The normalized spacial score (nSPS) is 21.4. The van der Waals surface area contributed by atoms with Crippen molar-refractivity contribution in [3.8, 4) is 0 Å². The molecule has 94 valence electrons. The summed E-state index contributed by atoms with van der Waals surface area (Å²) in [7, 11) is 1.46. The zero-order valence-corrected chi connectivity index (χ0v) is 9.90. The SMILES string of the molecule is COC(COC(C)=O)OC1(O)CCCCC1. The summed E-state index contributed by atoms with van der Waals surface area (Å²) in [6, 6.07) is 0. The van der Waals surface area contributed by atoms with Crippen LogP contribution in [0.25, 0.3) is 0 Å². The van der Waals surface area contributed by atoms with Crippen LogP contribution in [0, 0.1) is 0 Å². The molecule has 0 amide bonds. The number of esters is 1. The van der Waals surface area contributed by atoms with Gasteiger partial charge in [-0.05, 0) is 12.8 Å². The molecule has 0 bridgehead atoms. The van der Waals surface area contributed by atoms with Gasteiger partial charge in [-0.25, -0.2) is 0 Å². The second-order valence-electron chi connectivity index (χ2n) is 4.09. The van der Waals surface area contributed by atoms with Crippen LogP contribution in [0.3, 0.4) is 0 Å². The summed E-state index contributed by atoms with van der Waals surface area (Å²) in [6.45, 7) is 1.33. The molecule has 0 heterocycles. The molecule has 0 aliphatic heterocycles. The van der Waals surface area contributed by atoms with Crippen molar-refractivity contribution < 1.29 is 24.1 Å². The van der Waals surface area contributed by atoms with E-state index in [1.807, 2.05) is 0 Å². The third-order valence-electron chi connectivity index (χ3n) is 2.67. The molecule has 5 heteroatoms. The van der Waals surface area contributed by atoms with Gasteiger partial charge in [0, 0.05) is 26.9 Å². The highest BCUT2D eigenvalue weighted by molar-refractivity contribution is 5.65. The topological polar surface area (TPSA) is 65.0 Å². The van der Waals surface area contributed by atoms with Crippen LogP contribution in [0.5, 0.6) is 0 Å². The first-order chi connectivity index (χ1) is 7.56. The Bertz CT molecular complexity index is 222. The van der Waals surface area contributed by atoms with Crippen LogP contribution in [0.1, 0.15) is 39.0 Å². The molecule has 0 saturated heterocycles. The van der Waals surface area contributed by atoms with E-state index in [2.05, 4.69) is 0 Å². The maximum atomic E-state index is 10.6. The molecule has 0 radical (unpaired) electrons. The molecule has 1 fully saturated rings. The summed E-state index contributed by atoms with van der Waals surface area (Å²) >= 11 is 0. The number of aliphatic hydroxyl groups is 1. The molecule has 1 aliphatic carbocycles. The zero-order valence-electron chi connectivity index (χ0n) is 9.90. The lowest BCUT2D eigenvalue weighted by Gasteiger charge is -2.34. The van der Waals surface area contributed by atoms with Crippen molar-refractivity contribution in [2.75, 3.05) is 13.7 Å². The fraction of sp³-hybridized carbons (Fsp3) is 0.909. The van der Waals surface area contributed by atoms with Crippen LogP contribution in [0.15, 0.2) is 0 Å². The average molecular weight is 232 g/mol. The Kier molecular flexibility index (Phi) is 5.18. The van der Waals surface area contributed by atoms with Gasteiger partial charge < -0.3 is 19.3 Å². The van der Waals surface area contributed by atoms with E-state index in [9.17, 15) is 9.90 Å². The molecule has 1 saturated carbocycles. The number of methoxy groups -OCH3 is 1. The summed E-state index contributed by atoms with van der Waals surface area (Å²) in [6.07, 6.45) is 3.51. The quantitative estimate of drug-likeness (QED) is 0.569. The lowest BCUT2D eigenvalue weighted by Crippen LogP contribution is -2.41. The molecule has 1 aliphatic rings. The Balaban J connectivity index is 2.38. The molecule has 0 spiro atoms. The largest absolute Gasteiger partial charge is 0.460 e. The minimum atomic E-state index is -1.13. The third kappa shape index (κ3) is 4.47. The maximum Gasteiger partial charge on any atom is 0.302 e. The van der Waals surface area contributed by atoms with Gasteiger partial charge in [0.05, 0.1) is 0 Å². The first-order valence-electron chi connectivity index (χ1n) is 5.62. The second-order valence-corrected chi connectivity index (χ2v) is 4.09. The van der Waals surface area contributed by atoms with Crippen molar-refractivity contribution in [2.45, 2.75) is 51.1 Å². The number of hydrogen-bond donors (Lipinski definition) is 1. The Morgan fingerprint density at radius 3 is 2.50 bits per heavy atom. The van der Waals surface area contributed by atoms with Crippen LogP contribution >= 0.6 is 0 Å². The molecule has 16 heavy (non-hydrogen) atoms. The summed E-state index contributed by atoms with van der Waals surface area (Å²) in [4.78, 5) is 10.6. The van der Waals surface area contributed by atoms with Crippen molar-refractivity contribution in [2.24, 2.45) is 0 Å². The molecule has 5 nitrogen and oxygen atoms in total. The van der Waals surface area contributed by atoms with Gasteiger partial charge in [0.15, 0.2) is 12.1 Å². The van der Waals surface area contributed by atoms with E-state index in [-0.39, 0.29) is 12.6 Å². The Labute approximate surface area is 95.7 Å². The molecule has 1 N–H and O–H groups in total. The fourth-order valence-electron chi connectivity index (χ4n) is 1.80. The molecule has 0 aromatic carbocycles. The predicted molar refractivity (Wildman–Crippen MR) is 56.5 cm³/mol. The van der Waals surface area contributed by atoms with Gasteiger partial charge in [-0.1, -0.05) is 6.42 Å². The van der Waals surface area contributed by atoms with Crippen molar-refractivity contribution in [1.29, 1.82) is 0 Å². The van der Waals surface area contributed by atoms with E-state index in [1.54, 1.807) is 0 Å². The highest BCUT2D eigenvalue weighted by Crippen LogP contribution is 2.30. The standard InChI is InChI=1S/C11H20O5/c1-9(12)15-8-10(14-2)16-11(13)6-4-3-5-7-11/h10,13H,3-8H2,1-2H3. The van der Waals surface area contributed by atoms with E-state index < -0.39 is 12.1 Å². The highest BCUT2D eigenvalue weighted by atomic mass is 16.7. The molecule has 0 aromatic heterocycles. The predicted octanol–water partition coefficient (Wildman–Crippen LogP) is 1.19. The van der Waals surface area contributed by atoms with Crippen molar-refractivity contribution in [3.63, 3.8) is 0 Å². The Morgan fingerprint density at radius 2 is 2.00 bits per heavy atom. The van der Waals surface area contributed by atoms with E-state index >= 15 is 0 Å². The van der Waals surface area contributed by atoms with E-state index in [0.29, 0.717) is 12.8 Å². The van der Waals surface area contributed by atoms with Gasteiger partial charge in [-0.3, -0.25) is 4.79 Å². The molecule has 1 atom stereocenters. The van der Waals surface area contributed by atoms with Gasteiger partial charge in [-0.15, -0.1) is 0 Å². The Morgan fingerprint density at radius 1 is 1.38 bits per heavy atom. The van der Waals surface area contributed by atoms with Crippen LogP contribution in [0.4, 0.5) is 0 Å².